The number of halogens is 1. The zero-order valence-electron chi connectivity index (χ0n) is 15.8. The minimum absolute atomic E-state index is 0. The number of piperidine rings is 1. The summed E-state index contributed by atoms with van der Waals surface area (Å²) in [5.74, 6) is 2.02. The van der Waals surface area contributed by atoms with Crippen LogP contribution in [-0.4, -0.2) is 37.6 Å². The predicted octanol–water partition coefficient (Wildman–Crippen LogP) is 3.95. The van der Waals surface area contributed by atoms with Gasteiger partial charge in [0.05, 0.1) is 7.11 Å². The van der Waals surface area contributed by atoms with Crippen LogP contribution in [0.5, 0.6) is 5.75 Å². The highest BCUT2D eigenvalue weighted by Crippen LogP contribution is 2.20. The quantitative estimate of drug-likeness (QED) is 0.374. The molecule has 0 bridgehead atoms. The number of benzene rings is 2. The van der Waals surface area contributed by atoms with Crippen molar-refractivity contribution < 1.29 is 4.74 Å². The van der Waals surface area contributed by atoms with Crippen molar-refractivity contribution >= 4 is 35.6 Å². The smallest absolute Gasteiger partial charge is 0.193 e. The van der Waals surface area contributed by atoms with Crippen molar-refractivity contribution in [1.29, 1.82) is 0 Å². The van der Waals surface area contributed by atoms with E-state index in [1.807, 2.05) is 42.5 Å². The van der Waals surface area contributed by atoms with E-state index in [0.29, 0.717) is 11.9 Å². The number of nitrogens with two attached hydrogens (primary N) is 1. The summed E-state index contributed by atoms with van der Waals surface area (Å²) in [4.78, 5) is 7.03. The van der Waals surface area contributed by atoms with Gasteiger partial charge >= 0.3 is 0 Å². The SMILES string of the molecule is COc1ccc(CN2CCC(CN=C(N)Nc3ccccc3)CC2)cc1.I. The van der Waals surface area contributed by atoms with E-state index in [9.17, 15) is 0 Å². The van der Waals surface area contributed by atoms with Gasteiger partial charge in [0.1, 0.15) is 5.75 Å². The maximum absolute atomic E-state index is 5.99. The number of para-hydroxylation sites is 1. The number of aliphatic imine (C=N–C) groups is 1. The third-order valence-electron chi connectivity index (χ3n) is 4.84. The zero-order chi connectivity index (χ0) is 18.2. The second kappa shape index (κ2) is 11.1. The second-order valence-electron chi connectivity index (χ2n) is 6.78. The summed E-state index contributed by atoms with van der Waals surface area (Å²) in [5.41, 5.74) is 8.30. The molecule has 0 radical (unpaired) electrons. The maximum atomic E-state index is 5.99. The van der Waals surface area contributed by atoms with Gasteiger partial charge in [-0.1, -0.05) is 30.3 Å². The fourth-order valence-corrected chi connectivity index (χ4v) is 3.25. The van der Waals surface area contributed by atoms with Crippen LogP contribution in [0.2, 0.25) is 0 Å². The van der Waals surface area contributed by atoms with Crippen LogP contribution < -0.4 is 15.8 Å². The number of hydrogen-bond acceptors (Lipinski definition) is 3. The Hall–Kier alpha value is -1.80. The number of methoxy groups -OCH3 is 1. The lowest BCUT2D eigenvalue weighted by atomic mass is 9.96. The van der Waals surface area contributed by atoms with Crippen molar-refractivity contribution in [2.75, 3.05) is 32.1 Å². The Bertz CT molecular complexity index is 698. The molecule has 3 N–H and O–H groups in total. The van der Waals surface area contributed by atoms with Crippen LogP contribution >= 0.6 is 24.0 Å². The van der Waals surface area contributed by atoms with E-state index < -0.39 is 0 Å². The number of nitrogens with zero attached hydrogens (tertiary/aromatic N) is 2. The van der Waals surface area contributed by atoms with Crippen LogP contribution in [0.3, 0.4) is 0 Å². The number of hydrogen-bond donors (Lipinski definition) is 2. The molecule has 27 heavy (non-hydrogen) atoms. The lowest BCUT2D eigenvalue weighted by molar-refractivity contribution is 0.180. The lowest BCUT2D eigenvalue weighted by Crippen LogP contribution is -2.34. The molecule has 0 amide bonds. The van der Waals surface area contributed by atoms with E-state index in [1.54, 1.807) is 7.11 Å². The standard InChI is InChI=1S/C21H28N4O.HI/c1-26-20-9-7-18(8-10-20)16-25-13-11-17(12-14-25)15-23-21(22)24-19-5-3-2-4-6-19;/h2-10,17H,11-16H2,1H3,(H3,22,23,24);1H. The van der Waals surface area contributed by atoms with Gasteiger partial charge in [-0.25, -0.2) is 0 Å². The number of anilines is 1. The topological polar surface area (TPSA) is 62.9 Å². The van der Waals surface area contributed by atoms with Crippen molar-refractivity contribution in [2.24, 2.45) is 16.6 Å². The molecule has 0 spiro atoms. The van der Waals surface area contributed by atoms with E-state index in [-0.39, 0.29) is 24.0 Å². The van der Waals surface area contributed by atoms with Crippen LogP contribution in [0.25, 0.3) is 0 Å². The predicted molar refractivity (Wildman–Crippen MR) is 123 cm³/mol. The minimum Gasteiger partial charge on any atom is -0.497 e. The Labute approximate surface area is 179 Å². The van der Waals surface area contributed by atoms with Gasteiger partial charge in [0, 0.05) is 18.8 Å². The van der Waals surface area contributed by atoms with Crippen molar-refractivity contribution in [3.63, 3.8) is 0 Å². The van der Waals surface area contributed by atoms with Crippen LogP contribution in [-0.2, 0) is 6.54 Å². The number of ether oxygens (including phenoxy) is 1. The summed E-state index contributed by atoms with van der Waals surface area (Å²) in [6.07, 6.45) is 2.33. The molecule has 0 saturated carbocycles. The third kappa shape index (κ3) is 7.03. The Morgan fingerprint density at radius 3 is 2.41 bits per heavy atom. The molecule has 1 heterocycles. The summed E-state index contributed by atoms with van der Waals surface area (Å²) >= 11 is 0. The summed E-state index contributed by atoms with van der Waals surface area (Å²) in [6, 6.07) is 18.3. The number of likely N-dealkylation sites (tertiary alicyclic amines) is 1. The van der Waals surface area contributed by atoms with E-state index in [2.05, 4.69) is 27.3 Å². The molecule has 1 saturated heterocycles. The van der Waals surface area contributed by atoms with Crippen molar-refractivity contribution in [1.82, 2.24) is 4.90 Å². The normalized spacial score (nSPS) is 15.8. The minimum atomic E-state index is 0. The van der Waals surface area contributed by atoms with E-state index >= 15 is 0 Å². The van der Waals surface area contributed by atoms with Crippen molar-refractivity contribution in [3.8, 4) is 5.75 Å². The van der Waals surface area contributed by atoms with Crippen molar-refractivity contribution in [2.45, 2.75) is 19.4 Å². The first-order chi connectivity index (χ1) is 12.7. The molecule has 0 aromatic heterocycles. The summed E-state index contributed by atoms with van der Waals surface area (Å²) in [5, 5.41) is 3.14. The van der Waals surface area contributed by atoms with Gasteiger partial charge in [-0.2, -0.15) is 0 Å². The molecule has 0 unspecified atom stereocenters. The van der Waals surface area contributed by atoms with Gasteiger partial charge in [-0.05, 0) is 61.7 Å². The van der Waals surface area contributed by atoms with Crippen LogP contribution in [0.1, 0.15) is 18.4 Å². The lowest BCUT2D eigenvalue weighted by Gasteiger charge is -2.31. The van der Waals surface area contributed by atoms with Crippen LogP contribution in [0.4, 0.5) is 5.69 Å². The molecule has 146 valence electrons. The van der Waals surface area contributed by atoms with Gasteiger partial charge in [0.25, 0.3) is 0 Å². The van der Waals surface area contributed by atoms with Gasteiger partial charge in [-0.15, -0.1) is 24.0 Å². The van der Waals surface area contributed by atoms with E-state index in [1.165, 1.54) is 5.56 Å². The fraction of sp³-hybridized carbons (Fsp3) is 0.381. The summed E-state index contributed by atoms with van der Waals surface area (Å²) < 4.78 is 5.22. The van der Waals surface area contributed by atoms with Gasteiger partial charge in [0.2, 0.25) is 0 Å². The van der Waals surface area contributed by atoms with Gasteiger partial charge in [-0.3, -0.25) is 9.89 Å². The molecular weight excluding hydrogens is 451 g/mol. The van der Waals surface area contributed by atoms with Crippen LogP contribution in [0.15, 0.2) is 59.6 Å². The molecular formula is C21H29IN4O. The van der Waals surface area contributed by atoms with E-state index in [0.717, 1.165) is 50.5 Å². The summed E-state index contributed by atoms with van der Waals surface area (Å²) in [6.45, 7) is 4.01. The molecule has 0 atom stereocenters. The van der Waals surface area contributed by atoms with Gasteiger partial charge < -0.3 is 15.8 Å². The number of nitrogens with one attached hydrogen (secondary N) is 1. The highest BCUT2D eigenvalue weighted by atomic mass is 127. The monoisotopic (exact) mass is 480 g/mol. The van der Waals surface area contributed by atoms with E-state index in [4.69, 9.17) is 10.5 Å². The highest BCUT2D eigenvalue weighted by molar-refractivity contribution is 14.0. The molecule has 5 nitrogen and oxygen atoms in total. The first-order valence-corrected chi connectivity index (χ1v) is 9.20. The third-order valence-corrected chi connectivity index (χ3v) is 4.84. The maximum Gasteiger partial charge on any atom is 0.193 e. The zero-order valence-corrected chi connectivity index (χ0v) is 18.1. The number of guanidine groups is 1. The highest BCUT2D eigenvalue weighted by Gasteiger charge is 2.19. The molecule has 1 aliphatic heterocycles. The second-order valence-corrected chi connectivity index (χ2v) is 6.78. The first-order valence-electron chi connectivity index (χ1n) is 9.20. The number of rotatable bonds is 6. The largest absolute Gasteiger partial charge is 0.497 e. The molecule has 0 aliphatic carbocycles. The first kappa shape index (κ1) is 21.5. The molecule has 2 aromatic rings. The molecule has 1 aliphatic rings. The Morgan fingerprint density at radius 2 is 1.78 bits per heavy atom. The average Bonchev–Trinajstić information content (AvgIpc) is 2.69. The van der Waals surface area contributed by atoms with Crippen molar-refractivity contribution in [3.05, 3.63) is 60.2 Å². The Kier molecular flexibility index (Phi) is 8.87. The average molecular weight is 480 g/mol. The van der Waals surface area contributed by atoms with Crippen LogP contribution in [0, 0.1) is 5.92 Å². The Morgan fingerprint density at radius 1 is 1.11 bits per heavy atom. The Balaban J connectivity index is 0.00000261. The van der Waals surface area contributed by atoms with Gasteiger partial charge in [0.15, 0.2) is 5.96 Å². The fourth-order valence-electron chi connectivity index (χ4n) is 3.25. The molecule has 3 rings (SSSR count). The molecule has 1 fully saturated rings. The molecule has 6 heteroatoms. The molecule has 2 aromatic carbocycles. The summed E-state index contributed by atoms with van der Waals surface area (Å²) in [7, 11) is 1.70.